The van der Waals surface area contributed by atoms with Crippen LogP contribution in [0.3, 0.4) is 0 Å². The first-order valence-electron chi connectivity index (χ1n) is 8.97. The maximum atomic E-state index is 11.8. The van der Waals surface area contributed by atoms with Crippen LogP contribution in [-0.2, 0) is 11.3 Å². The number of amides is 1. The second kappa shape index (κ2) is 7.54. The molecule has 0 fully saturated rings. The molecule has 27 heavy (non-hydrogen) atoms. The molecular formula is C20H24BrNO5. The number of rotatable bonds is 3. The summed E-state index contributed by atoms with van der Waals surface area (Å²) in [5.41, 5.74) is 2.17. The molecule has 146 valence electrons. The van der Waals surface area contributed by atoms with E-state index in [2.05, 4.69) is 42.8 Å². The van der Waals surface area contributed by atoms with E-state index in [-0.39, 0.29) is 24.0 Å². The molecule has 0 aliphatic carbocycles. The van der Waals surface area contributed by atoms with E-state index in [0.29, 0.717) is 37.3 Å². The van der Waals surface area contributed by atoms with Gasteiger partial charge in [0.15, 0.2) is 0 Å². The molecule has 2 aliphatic rings. The fourth-order valence-corrected chi connectivity index (χ4v) is 4.08. The van der Waals surface area contributed by atoms with Crippen LogP contribution < -0.4 is 4.74 Å². The van der Waals surface area contributed by atoms with Crippen molar-refractivity contribution in [1.82, 2.24) is 4.90 Å². The molecule has 2 heterocycles. The van der Waals surface area contributed by atoms with Crippen LogP contribution >= 0.6 is 15.9 Å². The van der Waals surface area contributed by atoms with Gasteiger partial charge in [0, 0.05) is 18.2 Å². The van der Waals surface area contributed by atoms with Crippen LogP contribution in [0.5, 0.6) is 5.75 Å². The highest BCUT2D eigenvalue weighted by atomic mass is 79.9. The summed E-state index contributed by atoms with van der Waals surface area (Å²) in [5, 5.41) is 9.58. The van der Waals surface area contributed by atoms with Crippen LogP contribution in [0.4, 0.5) is 4.79 Å². The number of fused-ring (bicyclic) bond motifs is 1. The van der Waals surface area contributed by atoms with Crippen molar-refractivity contribution in [2.75, 3.05) is 13.2 Å². The van der Waals surface area contributed by atoms with E-state index in [0.717, 1.165) is 15.6 Å². The molecule has 0 spiro atoms. The Kier molecular flexibility index (Phi) is 5.51. The second-order valence-electron chi connectivity index (χ2n) is 7.98. The van der Waals surface area contributed by atoms with Crippen molar-refractivity contribution in [1.29, 1.82) is 0 Å². The molecule has 1 unspecified atom stereocenters. The lowest BCUT2D eigenvalue weighted by Gasteiger charge is -2.38. The van der Waals surface area contributed by atoms with E-state index in [1.807, 2.05) is 0 Å². The molecule has 1 atom stereocenters. The van der Waals surface area contributed by atoms with E-state index >= 15 is 0 Å². The van der Waals surface area contributed by atoms with Crippen molar-refractivity contribution in [3.8, 4) is 5.75 Å². The van der Waals surface area contributed by atoms with Gasteiger partial charge in [0.05, 0.1) is 10.0 Å². The highest BCUT2D eigenvalue weighted by Crippen LogP contribution is 2.37. The molecule has 2 aliphatic heterocycles. The monoisotopic (exact) mass is 437 g/mol. The minimum Gasteiger partial charge on any atom is -0.488 e. The van der Waals surface area contributed by atoms with Crippen molar-refractivity contribution >= 4 is 28.0 Å². The zero-order chi connectivity index (χ0) is 19.8. The molecule has 0 saturated carbocycles. The maximum absolute atomic E-state index is 11.8. The fraction of sp³-hybridized carbons (Fsp3) is 0.500. The number of hydrogen-bond donors (Lipinski definition) is 1. The first kappa shape index (κ1) is 19.7. The van der Waals surface area contributed by atoms with Gasteiger partial charge in [-0.2, -0.15) is 0 Å². The number of hydrogen-bond acceptors (Lipinski definition) is 4. The van der Waals surface area contributed by atoms with Crippen molar-refractivity contribution < 1.29 is 24.2 Å². The normalized spacial score (nSPS) is 19.9. The Morgan fingerprint density at radius 3 is 2.81 bits per heavy atom. The summed E-state index contributed by atoms with van der Waals surface area (Å²) in [6.45, 7) is 7.21. The summed E-state index contributed by atoms with van der Waals surface area (Å²) in [6, 6.07) is 3.39. The third-order valence-corrected chi connectivity index (χ3v) is 5.69. The molecule has 0 bridgehead atoms. The van der Waals surface area contributed by atoms with Gasteiger partial charge < -0.3 is 19.5 Å². The number of cyclic esters (lactones) is 1. The van der Waals surface area contributed by atoms with E-state index in [4.69, 9.17) is 9.47 Å². The third-order valence-electron chi connectivity index (χ3n) is 5.06. The lowest BCUT2D eigenvalue weighted by molar-refractivity contribution is 0.0533. The number of ether oxygens (including phenoxy) is 2. The second-order valence-corrected chi connectivity index (χ2v) is 8.83. The minimum absolute atomic E-state index is 0.123. The van der Waals surface area contributed by atoms with Crippen LogP contribution in [0.15, 0.2) is 28.3 Å². The Hall–Kier alpha value is -2.02. The molecule has 1 amide bonds. The van der Waals surface area contributed by atoms with Gasteiger partial charge in [-0.1, -0.05) is 26.8 Å². The highest BCUT2D eigenvalue weighted by molar-refractivity contribution is 9.10. The molecule has 0 radical (unpaired) electrons. The molecule has 0 aromatic heterocycles. The Morgan fingerprint density at radius 1 is 1.41 bits per heavy atom. The fourth-order valence-electron chi connectivity index (χ4n) is 3.60. The summed E-state index contributed by atoms with van der Waals surface area (Å²) in [4.78, 5) is 25.0. The van der Waals surface area contributed by atoms with Gasteiger partial charge >= 0.3 is 12.1 Å². The van der Waals surface area contributed by atoms with Crippen LogP contribution in [0.2, 0.25) is 0 Å². The summed E-state index contributed by atoms with van der Waals surface area (Å²) in [7, 11) is 0. The highest BCUT2D eigenvalue weighted by Gasteiger charge is 2.35. The zero-order valence-corrected chi connectivity index (χ0v) is 17.3. The predicted octanol–water partition coefficient (Wildman–Crippen LogP) is 4.61. The maximum Gasteiger partial charge on any atom is 0.407 e. The standard InChI is InChI=1S/C20H24BrNO5/c1-20(2,3)16-9-12(5-4-8-22(16)19(24)25)10-26-17-14-11-27-18(23)13(14)6-7-15(17)21/h5-7,16H,4,8-11H2,1-3H3,(H,24,25). The number of esters is 1. The van der Waals surface area contributed by atoms with Crippen molar-refractivity contribution in [2.24, 2.45) is 5.41 Å². The summed E-state index contributed by atoms with van der Waals surface area (Å²) >= 11 is 3.49. The SMILES string of the molecule is CC(C)(C)C1CC(COc2c(Br)ccc3c2COC3=O)=CCCN1C(=O)O. The van der Waals surface area contributed by atoms with Crippen molar-refractivity contribution in [3.63, 3.8) is 0 Å². The number of halogens is 1. The number of benzene rings is 1. The number of carbonyl (C=O) groups is 2. The van der Waals surface area contributed by atoms with E-state index in [1.165, 1.54) is 4.90 Å². The molecule has 1 aromatic carbocycles. The lowest BCUT2D eigenvalue weighted by atomic mass is 9.82. The zero-order valence-electron chi connectivity index (χ0n) is 15.8. The third kappa shape index (κ3) is 4.13. The Bertz CT molecular complexity index is 796. The van der Waals surface area contributed by atoms with Crippen LogP contribution in [-0.4, -0.2) is 41.3 Å². The van der Waals surface area contributed by atoms with E-state index < -0.39 is 6.09 Å². The smallest absolute Gasteiger partial charge is 0.407 e. The molecule has 7 heteroatoms. The Balaban J connectivity index is 1.78. The van der Waals surface area contributed by atoms with Crippen LogP contribution in [0.1, 0.15) is 49.5 Å². The summed E-state index contributed by atoms with van der Waals surface area (Å²) in [6.07, 6.45) is 2.47. The summed E-state index contributed by atoms with van der Waals surface area (Å²) < 4.78 is 11.9. The first-order chi connectivity index (χ1) is 12.7. The first-order valence-corrected chi connectivity index (χ1v) is 9.76. The van der Waals surface area contributed by atoms with Crippen LogP contribution in [0.25, 0.3) is 0 Å². The number of carboxylic acid groups (broad SMARTS) is 1. The van der Waals surface area contributed by atoms with Gasteiger partial charge in [0.1, 0.15) is 19.0 Å². The molecule has 0 saturated heterocycles. The van der Waals surface area contributed by atoms with Gasteiger partial charge in [0.2, 0.25) is 0 Å². The average molecular weight is 438 g/mol. The topological polar surface area (TPSA) is 76.1 Å². The summed E-state index contributed by atoms with van der Waals surface area (Å²) in [5.74, 6) is 0.284. The molecule has 1 aromatic rings. The quantitative estimate of drug-likeness (QED) is 0.551. The number of nitrogens with zero attached hydrogens (tertiary/aromatic N) is 1. The van der Waals surface area contributed by atoms with Crippen LogP contribution in [0, 0.1) is 5.41 Å². The molecule has 1 N–H and O–H groups in total. The van der Waals surface area contributed by atoms with Crippen molar-refractivity contribution in [2.45, 2.75) is 46.3 Å². The molecule has 3 rings (SSSR count). The minimum atomic E-state index is -0.884. The van der Waals surface area contributed by atoms with Gasteiger partial charge in [-0.05, 0) is 51.9 Å². The lowest BCUT2D eigenvalue weighted by Crippen LogP contribution is -2.46. The largest absolute Gasteiger partial charge is 0.488 e. The average Bonchev–Trinajstić information content (AvgIpc) is 2.81. The predicted molar refractivity (Wildman–Crippen MR) is 104 cm³/mol. The van der Waals surface area contributed by atoms with Gasteiger partial charge in [-0.25, -0.2) is 9.59 Å². The van der Waals surface area contributed by atoms with Crippen molar-refractivity contribution in [3.05, 3.63) is 39.4 Å². The van der Waals surface area contributed by atoms with Gasteiger partial charge in [0.25, 0.3) is 0 Å². The van der Waals surface area contributed by atoms with Gasteiger partial charge in [-0.3, -0.25) is 0 Å². The molecule has 6 nitrogen and oxygen atoms in total. The Morgan fingerprint density at radius 2 is 2.15 bits per heavy atom. The molecular weight excluding hydrogens is 414 g/mol. The Labute approximate surface area is 167 Å². The van der Waals surface area contributed by atoms with E-state index in [1.54, 1.807) is 12.1 Å². The number of carbonyl (C=O) groups excluding carboxylic acids is 1. The van der Waals surface area contributed by atoms with E-state index in [9.17, 15) is 14.7 Å². The van der Waals surface area contributed by atoms with Gasteiger partial charge in [-0.15, -0.1) is 0 Å².